The van der Waals surface area contributed by atoms with Gasteiger partial charge in [0.2, 0.25) is 5.95 Å². The fourth-order valence-electron chi connectivity index (χ4n) is 4.22. The molecule has 0 spiro atoms. The fourth-order valence-corrected chi connectivity index (χ4v) is 4.88. The number of thiazole rings is 1. The number of hydrogen-bond acceptors (Lipinski definition) is 8. The van der Waals surface area contributed by atoms with E-state index in [1.807, 2.05) is 13.1 Å². The minimum absolute atomic E-state index is 0.159. The number of nitrogens with zero attached hydrogens (tertiary/aromatic N) is 6. The summed E-state index contributed by atoms with van der Waals surface area (Å²) in [5.41, 5.74) is 15.0. The quantitative estimate of drug-likeness (QED) is 0.538. The van der Waals surface area contributed by atoms with E-state index in [4.69, 9.17) is 16.5 Å². The average molecular weight is 407 g/mol. The van der Waals surface area contributed by atoms with Crippen molar-refractivity contribution in [2.45, 2.75) is 18.3 Å². The van der Waals surface area contributed by atoms with E-state index in [2.05, 4.69) is 49.6 Å². The highest BCUT2D eigenvalue weighted by molar-refractivity contribution is 7.13. The lowest BCUT2D eigenvalue weighted by Crippen LogP contribution is -2.44. The van der Waals surface area contributed by atoms with Crippen LogP contribution < -0.4 is 16.4 Å². The number of anilines is 3. The van der Waals surface area contributed by atoms with Gasteiger partial charge in [-0.2, -0.15) is 15.1 Å². The van der Waals surface area contributed by atoms with E-state index in [0.717, 1.165) is 42.7 Å². The first kappa shape index (κ1) is 17.9. The Kier molecular flexibility index (Phi) is 4.13. The maximum Gasteiger partial charge on any atom is 0.229 e. The molecule has 5 rings (SSSR count). The third-order valence-corrected chi connectivity index (χ3v) is 6.52. The van der Waals surface area contributed by atoms with Crippen LogP contribution in [-0.2, 0) is 12.5 Å². The van der Waals surface area contributed by atoms with Gasteiger partial charge in [-0.25, -0.2) is 4.98 Å². The van der Waals surface area contributed by atoms with Crippen LogP contribution in [0.3, 0.4) is 0 Å². The molecule has 29 heavy (non-hydrogen) atoms. The van der Waals surface area contributed by atoms with Crippen molar-refractivity contribution >= 4 is 39.3 Å². The summed E-state index contributed by atoms with van der Waals surface area (Å²) in [6.45, 7) is 1.60. The van der Waals surface area contributed by atoms with Crippen molar-refractivity contribution in [2.75, 3.05) is 29.5 Å². The van der Waals surface area contributed by atoms with Crippen LogP contribution in [0.2, 0.25) is 0 Å². The monoisotopic (exact) mass is 406 g/mol. The van der Waals surface area contributed by atoms with Crippen LogP contribution in [0, 0.1) is 0 Å². The van der Waals surface area contributed by atoms with Gasteiger partial charge in [0.1, 0.15) is 5.82 Å². The number of aromatic nitrogens is 5. The first-order valence-corrected chi connectivity index (χ1v) is 10.4. The summed E-state index contributed by atoms with van der Waals surface area (Å²) in [6.07, 6.45) is 3.50. The third-order valence-electron chi connectivity index (χ3n) is 5.85. The molecule has 0 aliphatic carbocycles. The van der Waals surface area contributed by atoms with Crippen LogP contribution in [0.25, 0.3) is 11.0 Å². The van der Waals surface area contributed by atoms with Crippen LogP contribution in [0.5, 0.6) is 0 Å². The number of benzene rings is 1. The van der Waals surface area contributed by atoms with Crippen molar-refractivity contribution in [2.24, 2.45) is 7.05 Å². The van der Waals surface area contributed by atoms with E-state index < -0.39 is 0 Å². The molecule has 3 aromatic heterocycles. The molecule has 1 aromatic carbocycles. The molecule has 1 saturated heterocycles. The highest BCUT2D eigenvalue weighted by Gasteiger charge is 2.40. The lowest BCUT2D eigenvalue weighted by molar-refractivity contribution is 0.382. The Labute approximate surface area is 172 Å². The average Bonchev–Trinajstić information content (AvgIpc) is 3.35. The fraction of sp³-hybridized carbons (Fsp3) is 0.300. The number of rotatable bonds is 3. The van der Waals surface area contributed by atoms with Crippen LogP contribution >= 0.6 is 11.3 Å². The number of nitrogen functional groups attached to an aromatic ring is 2. The molecule has 4 N–H and O–H groups in total. The predicted octanol–water partition coefficient (Wildman–Crippen LogP) is 2.57. The molecule has 148 valence electrons. The second-order valence-corrected chi connectivity index (χ2v) is 8.31. The number of nitrogens with two attached hydrogens (primary N) is 2. The molecule has 1 fully saturated rings. The van der Waals surface area contributed by atoms with Gasteiger partial charge >= 0.3 is 0 Å². The first-order valence-electron chi connectivity index (χ1n) is 9.54. The molecule has 0 atom stereocenters. The Morgan fingerprint density at radius 1 is 1.03 bits per heavy atom. The molecule has 0 amide bonds. The van der Waals surface area contributed by atoms with Crippen molar-refractivity contribution < 1.29 is 0 Å². The van der Waals surface area contributed by atoms with Gasteiger partial charge in [0.15, 0.2) is 10.8 Å². The van der Waals surface area contributed by atoms with E-state index in [1.165, 1.54) is 16.9 Å². The SMILES string of the molecule is Cn1ncc2c(N)nc(N3CCC(c4ccccc4)(c4csc(N)n4)CC3)nc21. The molecular weight excluding hydrogens is 384 g/mol. The molecule has 4 heterocycles. The largest absolute Gasteiger partial charge is 0.383 e. The Morgan fingerprint density at radius 3 is 2.48 bits per heavy atom. The summed E-state index contributed by atoms with van der Waals surface area (Å²) in [4.78, 5) is 16.1. The predicted molar refractivity (Wildman–Crippen MR) is 116 cm³/mol. The summed E-state index contributed by atoms with van der Waals surface area (Å²) in [6, 6.07) is 10.6. The number of hydrogen-bond donors (Lipinski definition) is 2. The van der Waals surface area contributed by atoms with E-state index in [9.17, 15) is 0 Å². The Bertz CT molecular complexity index is 1160. The number of fused-ring (bicyclic) bond motifs is 1. The van der Waals surface area contributed by atoms with E-state index >= 15 is 0 Å². The molecule has 9 heteroatoms. The normalized spacial score (nSPS) is 16.4. The van der Waals surface area contributed by atoms with Gasteiger partial charge < -0.3 is 16.4 Å². The molecule has 0 saturated carbocycles. The second kappa shape index (κ2) is 6.70. The van der Waals surface area contributed by atoms with Crippen molar-refractivity contribution in [1.29, 1.82) is 0 Å². The van der Waals surface area contributed by atoms with Crippen LogP contribution in [0.1, 0.15) is 24.1 Å². The zero-order chi connectivity index (χ0) is 20.0. The van der Waals surface area contributed by atoms with Gasteiger partial charge in [0, 0.05) is 30.9 Å². The standard InChI is InChI=1S/C20H22N8S/c1-27-17-14(11-23-27)16(21)25-19(26-17)28-9-7-20(8-10-28,13-5-3-2-4-6-13)15-12-29-18(22)24-15/h2-6,11-12H,7-10H2,1H3,(H2,22,24)(H2,21,25,26). The summed E-state index contributed by atoms with van der Waals surface area (Å²) < 4.78 is 1.73. The third kappa shape index (κ3) is 2.89. The maximum atomic E-state index is 6.16. The lowest BCUT2D eigenvalue weighted by Gasteiger charge is -2.41. The Hall–Kier alpha value is -3.20. The minimum Gasteiger partial charge on any atom is -0.383 e. The zero-order valence-corrected chi connectivity index (χ0v) is 16.9. The van der Waals surface area contributed by atoms with Crippen LogP contribution in [0.4, 0.5) is 16.9 Å². The number of piperidine rings is 1. The molecule has 8 nitrogen and oxygen atoms in total. The maximum absolute atomic E-state index is 6.16. The summed E-state index contributed by atoms with van der Waals surface area (Å²) in [5.74, 6) is 1.11. The first-order chi connectivity index (χ1) is 14.1. The number of aryl methyl sites for hydroxylation is 1. The van der Waals surface area contributed by atoms with Gasteiger partial charge in [-0.1, -0.05) is 30.3 Å². The Balaban J connectivity index is 1.49. The molecule has 1 aliphatic rings. The van der Waals surface area contributed by atoms with Gasteiger partial charge in [-0.05, 0) is 18.4 Å². The van der Waals surface area contributed by atoms with Gasteiger partial charge in [0.25, 0.3) is 0 Å². The molecule has 0 radical (unpaired) electrons. The van der Waals surface area contributed by atoms with E-state index in [1.54, 1.807) is 10.9 Å². The second-order valence-electron chi connectivity index (χ2n) is 7.42. The van der Waals surface area contributed by atoms with Gasteiger partial charge in [0.05, 0.1) is 17.3 Å². The van der Waals surface area contributed by atoms with Crippen molar-refractivity contribution in [3.05, 3.63) is 53.2 Å². The lowest BCUT2D eigenvalue weighted by atomic mass is 9.71. The molecule has 1 aliphatic heterocycles. The van der Waals surface area contributed by atoms with Gasteiger partial charge in [-0.15, -0.1) is 11.3 Å². The highest BCUT2D eigenvalue weighted by atomic mass is 32.1. The van der Waals surface area contributed by atoms with E-state index in [-0.39, 0.29) is 5.41 Å². The summed E-state index contributed by atoms with van der Waals surface area (Å²) in [7, 11) is 1.86. The topological polar surface area (TPSA) is 112 Å². The van der Waals surface area contributed by atoms with Crippen LogP contribution in [-0.4, -0.2) is 37.8 Å². The molecular formula is C20H22N8S. The molecule has 4 aromatic rings. The van der Waals surface area contributed by atoms with Crippen molar-refractivity contribution in [3.63, 3.8) is 0 Å². The minimum atomic E-state index is -0.159. The van der Waals surface area contributed by atoms with E-state index in [0.29, 0.717) is 16.9 Å². The van der Waals surface area contributed by atoms with Gasteiger partial charge in [-0.3, -0.25) is 4.68 Å². The zero-order valence-electron chi connectivity index (χ0n) is 16.1. The molecule has 0 unspecified atom stereocenters. The molecule has 0 bridgehead atoms. The van der Waals surface area contributed by atoms with Crippen molar-refractivity contribution in [1.82, 2.24) is 24.7 Å². The van der Waals surface area contributed by atoms with Crippen molar-refractivity contribution in [3.8, 4) is 0 Å². The van der Waals surface area contributed by atoms with Crippen LogP contribution in [0.15, 0.2) is 41.9 Å². The summed E-state index contributed by atoms with van der Waals surface area (Å²) in [5, 5.41) is 7.72. The highest BCUT2D eigenvalue weighted by Crippen LogP contribution is 2.42. The Morgan fingerprint density at radius 2 is 1.79 bits per heavy atom. The summed E-state index contributed by atoms with van der Waals surface area (Å²) >= 11 is 1.50. The smallest absolute Gasteiger partial charge is 0.229 e.